The Kier molecular flexibility index (Phi) is 4.25. The molecule has 0 spiro atoms. The minimum atomic E-state index is -2.41. The molecule has 0 N–H and O–H groups in total. The van der Waals surface area contributed by atoms with Crippen molar-refractivity contribution in [1.29, 1.82) is 0 Å². The van der Waals surface area contributed by atoms with Crippen molar-refractivity contribution < 1.29 is 9.47 Å². The molecule has 4 aromatic carbocycles. The maximum atomic E-state index is 5.57. The topological polar surface area (TPSA) is 18.5 Å². The van der Waals surface area contributed by atoms with Gasteiger partial charge in [0.05, 0.1) is 14.2 Å². The summed E-state index contributed by atoms with van der Waals surface area (Å²) in [6, 6.07) is 35.0. The summed E-state index contributed by atoms with van der Waals surface area (Å²) in [5, 5.41) is 5.58. The zero-order valence-electron chi connectivity index (χ0n) is 16.6. The van der Waals surface area contributed by atoms with Gasteiger partial charge in [-0.05, 0) is 56.1 Å². The fraction of sp³-hybridized carbons (Fsp3) is 0.0769. The van der Waals surface area contributed by atoms with Gasteiger partial charge >= 0.3 is 0 Å². The maximum absolute atomic E-state index is 5.57. The first-order chi connectivity index (χ1) is 14.3. The average molecular weight is 395 g/mol. The van der Waals surface area contributed by atoms with Crippen molar-refractivity contribution in [1.82, 2.24) is 0 Å². The zero-order valence-corrected chi connectivity index (χ0v) is 17.6. The molecule has 3 heteroatoms. The molecule has 5 rings (SSSR count). The van der Waals surface area contributed by atoms with Gasteiger partial charge in [-0.15, -0.1) is 0 Å². The number of hydrogen-bond acceptors (Lipinski definition) is 2. The summed E-state index contributed by atoms with van der Waals surface area (Å²) in [5.41, 5.74) is 2.50. The van der Waals surface area contributed by atoms with Crippen molar-refractivity contribution in [3.63, 3.8) is 0 Å². The van der Waals surface area contributed by atoms with Crippen LogP contribution in [0.1, 0.15) is 0 Å². The van der Waals surface area contributed by atoms with Crippen LogP contribution < -0.4 is 30.2 Å². The minimum Gasteiger partial charge on any atom is -0.497 e. The molecule has 0 unspecified atom stereocenters. The molecule has 1 aliphatic rings. The first-order valence-corrected chi connectivity index (χ1v) is 11.8. The van der Waals surface area contributed by atoms with E-state index in [-0.39, 0.29) is 0 Å². The molecule has 4 aromatic rings. The third-order valence-electron chi connectivity index (χ3n) is 5.97. The smallest absolute Gasteiger partial charge is 0.180 e. The van der Waals surface area contributed by atoms with Crippen LogP contribution >= 0.6 is 0 Å². The van der Waals surface area contributed by atoms with E-state index < -0.39 is 8.07 Å². The number of fused-ring (bicyclic) bond motifs is 3. The molecule has 0 aliphatic carbocycles. The maximum Gasteiger partial charge on any atom is 0.180 e. The summed E-state index contributed by atoms with van der Waals surface area (Å²) in [6.45, 7) is 0. The predicted molar refractivity (Wildman–Crippen MR) is 122 cm³/mol. The molecule has 0 aromatic heterocycles. The second-order valence-corrected chi connectivity index (χ2v) is 11.0. The Hall–Kier alpha value is -3.30. The van der Waals surface area contributed by atoms with Gasteiger partial charge in [-0.2, -0.15) is 0 Å². The first-order valence-electron chi connectivity index (χ1n) is 9.77. The van der Waals surface area contributed by atoms with E-state index in [1.54, 1.807) is 14.2 Å². The average Bonchev–Trinajstić information content (AvgIpc) is 3.10. The molecule has 0 atom stereocenters. The largest absolute Gasteiger partial charge is 0.497 e. The first kappa shape index (κ1) is 17.8. The van der Waals surface area contributed by atoms with Crippen LogP contribution in [0.3, 0.4) is 0 Å². The van der Waals surface area contributed by atoms with Gasteiger partial charge in [0, 0.05) is 0 Å². The van der Waals surface area contributed by atoms with Crippen LogP contribution in [-0.2, 0) is 0 Å². The Morgan fingerprint density at radius 3 is 1.31 bits per heavy atom. The Labute approximate surface area is 172 Å². The Morgan fingerprint density at radius 2 is 0.931 bits per heavy atom. The van der Waals surface area contributed by atoms with Crippen LogP contribution in [0.25, 0.3) is 11.1 Å². The van der Waals surface area contributed by atoms with Gasteiger partial charge in [-0.25, -0.2) is 0 Å². The molecule has 142 valence electrons. The van der Waals surface area contributed by atoms with Gasteiger partial charge in [0.1, 0.15) is 11.5 Å². The van der Waals surface area contributed by atoms with E-state index in [0.29, 0.717) is 0 Å². The highest BCUT2D eigenvalue weighted by Gasteiger charge is 2.48. The Bertz CT molecular complexity index is 1070. The van der Waals surface area contributed by atoms with E-state index >= 15 is 0 Å². The fourth-order valence-electron chi connectivity index (χ4n) is 4.71. The van der Waals surface area contributed by atoms with Crippen LogP contribution in [0.2, 0.25) is 0 Å². The molecular weight excluding hydrogens is 372 g/mol. The van der Waals surface area contributed by atoms with Crippen molar-refractivity contribution >= 4 is 28.8 Å². The highest BCUT2D eigenvalue weighted by Crippen LogP contribution is 2.33. The van der Waals surface area contributed by atoms with E-state index in [4.69, 9.17) is 9.47 Å². The predicted octanol–water partition coefficient (Wildman–Crippen LogP) is 3.06. The Morgan fingerprint density at radius 1 is 0.517 bits per heavy atom. The molecule has 1 heterocycles. The lowest BCUT2D eigenvalue weighted by Gasteiger charge is -2.31. The van der Waals surface area contributed by atoms with E-state index in [2.05, 4.69) is 97.1 Å². The fourth-order valence-corrected chi connectivity index (χ4v) is 9.85. The summed E-state index contributed by atoms with van der Waals surface area (Å²) < 4.78 is 11.1. The lowest BCUT2D eigenvalue weighted by Crippen LogP contribution is -2.72. The SMILES string of the molecule is COc1ccc2c(c1)-c1cc(OC)ccc1[Si]2(c1ccccc1)c1ccccc1. The third-order valence-corrected chi connectivity index (χ3v) is 10.9. The van der Waals surface area contributed by atoms with Crippen LogP contribution in [0, 0.1) is 0 Å². The van der Waals surface area contributed by atoms with E-state index in [1.807, 2.05) is 0 Å². The van der Waals surface area contributed by atoms with Crippen LogP contribution in [0.5, 0.6) is 11.5 Å². The lowest BCUT2D eigenvalue weighted by atomic mass is 10.1. The summed E-state index contributed by atoms with van der Waals surface area (Å²) in [7, 11) is 1.04. The Balaban J connectivity index is 1.94. The van der Waals surface area contributed by atoms with Crippen molar-refractivity contribution in [2.45, 2.75) is 0 Å². The van der Waals surface area contributed by atoms with Crippen molar-refractivity contribution in [3.05, 3.63) is 97.1 Å². The molecule has 2 nitrogen and oxygen atoms in total. The van der Waals surface area contributed by atoms with Crippen LogP contribution in [-0.4, -0.2) is 22.3 Å². The number of rotatable bonds is 4. The van der Waals surface area contributed by atoms with Gasteiger partial charge in [-0.1, -0.05) is 72.8 Å². The minimum absolute atomic E-state index is 0.878. The van der Waals surface area contributed by atoms with Gasteiger partial charge in [0.15, 0.2) is 8.07 Å². The van der Waals surface area contributed by atoms with E-state index in [9.17, 15) is 0 Å². The quantitative estimate of drug-likeness (QED) is 0.436. The van der Waals surface area contributed by atoms with Crippen LogP contribution in [0.4, 0.5) is 0 Å². The monoisotopic (exact) mass is 394 g/mol. The number of hydrogen-bond donors (Lipinski definition) is 0. The zero-order chi connectivity index (χ0) is 19.8. The lowest BCUT2D eigenvalue weighted by molar-refractivity contribution is 0.414. The highest BCUT2D eigenvalue weighted by atomic mass is 28.3. The second kappa shape index (κ2) is 6.94. The molecule has 0 saturated heterocycles. The number of ether oxygens (including phenoxy) is 2. The molecule has 0 saturated carbocycles. The second-order valence-electron chi connectivity index (χ2n) is 7.31. The molecular formula is C26H22O2Si. The molecule has 0 amide bonds. The molecule has 29 heavy (non-hydrogen) atoms. The van der Waals surface area contributed by atoms with Crippen molar-refractivity contribution in [3.8, 4) is 22.6 Å². The van der Waals surface area contributed by atoms with E-state index in [0.717, 1.165) is 11.5 Å². The highest BCUT2D eigenvalue weighted by molar-refractivity contribution is 7.22. The van der Waals surface area contributed by atoms with Gasteiger partial charge < -0.3 is 9.47 Å². The number of benzene rings is 4. The van der Waals surface area contributed by atoms with Gasteiger partial charge in [0.25, 0.3) is 0 Å². The summed E-state index contributed by atoms with van der Waals surface area (Å²) in [5.74, 6) is 1.76. The van der Waals surface area contributed by atoms with Crippen molar-refractivity contribution in [2.24, 2.45) is 0 Å². The molecule has 0 radical (unpaired) electrons. The van der Waals surface area contributed by atoms with Gasteiger partial charge in [-0.3, -0.25) is 0 Å². The summed E-state index contributed by atoms with van der Waals surface area (Å²) in [4.78, 5) is 0. The molecule has 1 aliphatic heterocycles. The van der Waals surface area contributed by atoms with Crippen LogP contribution in [0.15, 0.2) is 97.1 Å². The van der Waals surface area contributed by atoms with E-state index in [1.165, 1.54) is 31.9 Å². The molecule has 0 bridgehead atoms. The van der Waals surface area contributed by atoms with Crippen molar-refractivity contribution in [2.75, 3.05) is 14.2 Å². The molecule has 0 fully saturated rings. The summed E-state index contributed by atoms with van der Waals surface area (Å²) >= 11 is 0. The number of methoxy groups -OCH3 is 2. The standard InChI is InChI=1S/C26H22O2Si/c1-27-19-13-15-25-23(17-19)24-18-20(28-2)14-16-26(24)29(25,21-9-5-3-6-10-21)22-11-7-4-8-12-22/h3-18H,1-2H3. The summed E-state index contributed by atoms with van der Waals surface area (Å²) in [6.07, 6.45) is 0. The normalized spacial score (nSPS) is 13.4. The third kappa shape index (κ3) is 2.55. The van der Waals surface area contributed by atoms with Gasteiger partial charge in [0.2, 0.25) is 0 Å².